The Bertz CT molecular complexity index is 433. The molecule has 0 aromatic carbocycles. The molecule has 1 heterocycles. The minimum absolute atomic E-state index is 0.0210. The van der Waals surface area contributed by atoms with Crippen LogP contribution in [0.4, 0.5) is 5.13 Å². The number of hydrogen-bond donors (Lipinski definition) is 1. The number of carbonyl (C=O) groups is 2. The Labute approximate surface area is 110 Å². The van der Waals surface area contributed by atoms with E-state index >= 15 is 0 Å². The highest BCUT2D eigenvalue weighted by atomic mass is 32.1. The number of rotatable bonds is 5. The van der Waals surface area contributed by atoms with E-state index in [-0.39, 0.29) is 17.6 Å². The summed E-state index contributed by atoms with van der Waals surface area (Å²) < 4.78 is 4.56. The fourth-order valence-corrected chi connectivity index (χ4v) is 2.04. The number of esters is 1. The van der Waals surface area contributed by atoms with Crippen LogP contribution in [0.1, 0.15) is 24.3 Å². The van der Waals surface area contributed by atoms with Crippen molar-refractivity contribution in [3.63, 3.8) is 0 Å². The second kappa shape index (κ2) is 6.34. The molecule has 18 heavy (non-hydrogen) atoms. The summed E-state index contributed by atoms with van der Waals surface area (Å²) >= 11 is 1.26. The molecule has 100 valence electrons. The van der Waals surface area contributed by atoms with Crippen LogP contribution in [0.3, 0.4) is 0 Å². The fourth-order valence-electron chi connectivity index (χ4n) is 1.27. The Morgan fingerprint density at radius 2 is 2.28 bits per heavy atom. The molecule has 0 aliphatic rings. The van der Waals surface area contributed by atoms with Crippen molar-refractivity contribution in [1.82, 2.24) is 9.88 Å². The van der Waals surface area contributed by atoms with E-state index in [0.29, 0.717) is 11.7 Å². The third kappa shape index (κ3) is 3.43. The summed E-state index contributed by atoms with van der Waals surface area (Å²) in [5, 5.41) is 5.09. The van der Waals surface area contributed by atoms with E-state index < -0.39 is 5.97 Å². The average molecular weight is 271 g/mol. The Kier molecular flexibility index (Phi) is 5.08. The van der Waals surface area contributed by atoms with Gasteiger partial charge in [0.1, 0.15) is 6.04 Å². The van der Waals surface area contributed by atoms with Gasteiger partial charge in [-0.05, 0) is 13.8 Å². The molecule has 0 aliphatic carbocycles. The van der Waals surface area contributed by atoms with E-state index in [4.69, 9.17) is 0 Å². The molecule has 7 heteroatoms. The molecule has 0 fully saturated rings. The van der Waals surface area contributed by atoms with Gasteiger partial charge in [0.15, 0.2) is 10.8 Å². The van der Waals surface area contributed by atoms with E-state index in [2.05, 4.69) is 15.0 Å². The molecular weight excluding hydrogens is 254 g/mol. The number of amides is 1. The quantitative estimate of drug-likeness (QED) is 0.815. The first-order chi connectivity index (χ1) is 8.49. The van der Waals surface area contributed by atoms with Crippen LogP contribution >= 0.6 is 11.3 Å². The molecule has 1 aromatic heterocycles. The second-order valence-corrected chi connectivity index (χ2v) is 4.61. The molecule has 0 spiro atoms. The molecule has 1 unspecified atom stereocenters. The van der Waals surface area contributed by atoms with Gasteiger partial charge in [-0.15, -0.1) is 11.3 Å². The number of hydrogen-bond acceptors (Lipinski definition) is 6. The van der Waals surface area contributed by atoms with Gasteiger partial charge in [0.2, 0.25) is 5.91 Å². The van der Waals surface area contributed by atoms with E-state index in [0.717, 1.165) is 0 Å². The predicted octanol–water partition coefficient (Wildman–Crippen LogP) is 1.21. The van der Waals surface area contributed by atoms with Crippen LogP contribution in [0.5, 0.6) is 0 Å². The Balaban J connectivity index is 2.65. The van der Waals surface area contributed by atoms with Crippen molar-refractivity contribution in [2.24, 2.45) is 0 Å². The second-order valence-electron chi connectivity index (χ2n) is 3.75. The molecule has 1 rings (SSSR count). The smallest absolute Gasteiger partial charge is 0.357 e. The zero-order valence-corrected chi connectivity index (χ0v) is 11.7. The number of nitrogens with one attached hydrogen (secondary N) is 1. The highest BCUT2D eigenvalue weighted by Gasteiger charge is 2.18. The summed E-state index contributed by atoms with van der Waals surface area (Å²) in [6.07, 6.45) is 0. The van der Waals surface area contributed by atoms with Gasteiger partial charge >= 0.3 is 5.97 Å². The van der Waals surface area contributed by atoms with Gasteiger partial charge in [-0.2, -0.15) is 0 Å². The van der Waals surface area contributed by atoms with Crippen LogP contribution in [0.2, 0.25) is 0 Å². The summed E-state index contributed by atoms with van der Waals surface area (Å²) in [6, 6.07) is -0.383. The molecule has 1 atom stereocenters. The summed E-state index contributed by atoms with van der Waals surface area (Å²) in [7, 11) is 3.04. The standard InChI is InChI=1S/C11H17N3O3S/c1-5-14(3)9(15)7(2)12-11-13-8(6-18-11)10(16)17-4/h6-7H,5H2,1-4H3,(H,12,13). The number of nitrogens with zero attached hydrogens (tertiary/aromatic N) is 2. The summed E-state index contributed by atoms with van der Waals surface area (Å²) in [4.78, 5) is 28.7. The lowest BCUT2D eigenvalue weighted by atomic mass is 10.3. The monoisotopic (exact) mass is 271 g/mol. The molecule has 1 N–H and O–H groups in total. The predicted molar refractivity (Wildman–Crippen MR) is 69.8 cm³/mol. The van der Waals surface area contributed by atoms with Crippen molar-refractivity contribution >= 4 is 28.3 Å². The molecular formula is C11H17N3O3S. The maximum atomic E-state index is 11.8. The molecule has 0 radical (unpaired) electrons. The van der Waals surface area contributed by atoms with Gasteiger partial charge in [0, 0.05) is 19.0 Å². The van der Waals surface area contributed by atoms with Crippen molar-refractivity contribution in [2.45, 2.75) is 19.9 Å². The van der Waals surface area contributed by atoms with Gasteiger partial charge in [-0.25, -0.2) is 9.78 Å². The first-order valence-corrected chi connectivity index (χ1v) is 6.42. The third-order valence-electron chi connectivity index (χ3n) is 2.46. The average Bonchev–Trinajstić information content (AvgIpc) is 2.84. The van der Waals surface area contributed by atoms with Gasteiger partial charge in [-0.3, -0.25) is 4.79 Å². The lowest BCUT2D eigenvalue weighted by Gasteiger charge is -2.20. The van der Waals surface area contributed by atoms with Crippen molar-refractivity contribution in [1.29, 1.82) is 0 Å². The third-order valence-corrected chi connectivity index (χ3v) is 3.23. The molecule has 1 aromatic rings. The van der Waals surface area contributed by atoms with Crippen LogP contribution in [-0.2, 0) is 9.53 Å². The molecule has 6 nitrogen and oxygen atoms in total. The minimum Gasteiger partial charge on any atom is -0.464 e. The Hall–Kier alpha value is -1.63. The first-order valence-electron chi connectivity index (χ1n) is 5.55. The number of aromatic nitrogens is 1. The van der Waals surface area contributed by atoms with Crippen molar-refractivity contribution in [3.8, 4) is 0 Å². The van der Waals surface area contributed by atoms with Crippen LogP contribution in [0.25, 0.3) is 0 Å². The van der Waals surface area contributed by atoms with Crippen LogP contribution in [0, 0.1) is 0 Å². The van der Waals surface area contributed by atoms with Gasteiger partial charge in [0.05, 0.1) is 7.11 Å². The van der Waals surface area contributed by atoms with Crippen LogP contribution < -0.4 is 5.32 Å². The zero-order chi connectivity index (χ0) is 13.7. The highest BCUT2D eigenvalue weighted by molar-refractivity contribution is 7.13. The number of ether oxygens (including phenoxy) is 1. The first kappa shape index (κ1) is 14.4. The zero-order valence-electron chi connectivity index (χ0n) is 10.9. The molecule has 1 amide bonds. The Morgan fingerprint density at radius 3 is 2.83 bits per heavy atom. The number of thiazole rings is 1. The van der Waals surface area contributed by atoms with Gasteiger partial charge < -0.3 is 15.0 Å². The highest BCUT2D eigenvalue weighted by Crippen LogP contribution is 2.17. The van der Waals surface area contributed by atoms with Crippen LogP contribution in [0.15, 0.2) is 5.38 Å². The summed E-state index contributed by atoms with van der Waals surface area (Å²) in [5.74, 6) is -0.503. The lowest BCUT2D eigenvalue weighted by molar-refractivity contribution is -0.130. The van der Waals surface area contributed by atoms with Crippen LogP contribution in [-0.4, -0.2) is 48.5 Å². The Morgan fingerprint density at radius 1 is 1.61 bits per heavy atom. The van der Waals surface area contributed by atoms with Gasteiger partial charge in [-0.1, -0.05) is 0 Å². The van der Waals surface area contributed by atoms with E-state index in [1.54, 1.807) is 24.3 Å². The topological polar surface area (TPSA) is 71.5 Å². The largest absolute Gasteiger partial charge is 0.464 e. The maximum absolute atomic E-state index is 11.8. The van der Waals surface area contributed by atoms with Crippen molar-refractivity contribution in [3.05, 3.63) is 11.1 Å². The molecule has 0 aliphatic heterocycles. The van der Waals surface area contributed by atoms with E-state index in [1.165, 1.54) is 18.4 Å². The number of likely N-dealkylation sites (N-methyl/N-ethyl adjacent to an activating group) is 1. The maximum Gasteiger partial charge on any atom is 0.357 e. The van der Waals surface area contributed by atoms with E-state index in [1.807, 2.05) is 6.92 Å². The molecule has 0 saturated carbocycles. The SMILES string of the molecule is CCN(C)C(=O)C(C)Nc1nc(C(=O)OC)cs1. The van der Waals surface area contributed by atoms with E-state index in [9.17, 15) is 9.59 Å². The number of carbonyl (C=O) groups excluding carboxylic acids is 2. The normalized spacial score (nSPS) is 11.8. The summed E-state index contributed by atoms with van der Waals surface area (Å²) in [5.41, 5.74) is 0.244. The minimum atomic E-state index is -0.482. The number of anilines is 1. The fraction of sp³-hybridized carbons (Fsp3) is 0.545. The number of methoxy groups -OCH3 is 1. The summed E-state index contributed by atoms with van der Waals surface area (Å²) in [6.45, 7) is 4.31. The molecule has 0 saturated heterocycles. The van der Waals surface area contributed by atoms with Crippen molar-refractivity contribution in [2.75, 3.05) is 26.0 Å². The molecule has 0 bridgehead atoms. The lowest BCUT2D eigenvalue weighted by Crippen LogP contribution is -2.38. The van der Waals surface area contributed by atoms with Gasteiger partial charge in [0.25, 0.3) is 0 Å². The van der Waals surface area contributed by atoms with Crippen molar-refractivity contribution < 1.29 is 14.3 Å².